The van der Waals surface area contributed by atoms with Crippen LogP contribution in [-0.2, 0) is 14.3 Å². The van der Waals surface area contributed by atoms with Gasteiger partial charge in [-0.2, -0.15) is 0 Å². The molecule has 7 heteroatoms. The minimum absolute atomic E-state index is 0.0322. The molecule has 0 spiro atoms. The lowest BCUT2D eigenvalue weighted by Crippen LogP contribution is -2.33. The monoisotopic (exact) mass is 449 g/mol. The molecular weight excluding hydrogens is 430 g/mol. The lowest BCUT2D eigenvalue weighted by Gasteiger charge is -2.24. The van der Waals surface area contributed by atoms with Gasteiger partial charge in [-0.15, -0.1) is 11.3 Å². The number of aliphatic hydroxyl groups is 1. The van der Waals surface area contributed by atoms with Crippen molar-refractivity contribution in [1.82, 2.24) is 4.90 Å². The summed E-state index contributed by atoms with van der Waals surface area (Å²) in [7, 11) is 0. The van der Waals surface area contributed by atoms with Crippen LogP contribution >= 0.6 is 27.3 Å². The van der Waals surface area contributed by atoms with Gasteiger partial charge in [0.05, 0.1) is 24.3 Å². The molecule has 3 rings (SSSR count). The van der Waals surface area contributed by atoms with E-state index in [-0.39, 0.29) is 24.0 Å². The minimum atomic E-state index is -0.668. The summed E-state index contributed by atoms with van der Waals surface area (Å²) in [5.74, 6) is -1.44. The maximum Gasteiger partial charge on any atom is 0.295 e. The number of benzene rings is 1. The van der Waals surface area contributed by atoms with Crippen molar-refractivity contribution in [3.8, 4) is 0 Å². The third-order valence-electron chi connectivity index (χ3n) is 4.25. The number of thiophene rings is 1. The van der Waals surface area contributed by atoms with Gasteiger partial charge in [-0.25, -0.2) is 0 Å². The van der Waals surface area contributed by atoms with E-state index in [0.717, 1.165) is 9.35 Å². The van der Waals surface area contributed by atoms with Gasteiger partial charge in [-0.05, 0) is 37.4 Å². The van der Waals surface area contributed by atoms with E-state index in [0.29, 0.717) is 12.2 Å². The van der Waals surface area contributed by atoms with Crippen molar-refractivity contribution in [3.63, 3.8) is 0 Å². The summed E-state index contributed by atoms with van der Waals surface area (Å²) in [5.41, 5.74) is 0.616. The molecule has 1 aliphatic rings. The lowest BCUT2D eigenvalue weighted by molar-refractivity contribution is -0.140. The molecule has 1 N–H and O–H groups in total. The normalized spacial score (nSPS) is 19.3. The Morgan fingerprint density at radius 1 is 1.26 bits per heavy atom. The summed E-state index contributed by atoms with van der Waals surface area (Å²) in [5, 5.41) is 12.7. The van der Waals surface area contributed by atoms with Crippen molar-refractivity contribution in [2.45, 2.75) is 26.0 Å². The predicted octanol–water partition coefficient (Wildman–Crippen LogP) is 4.36. The van der Waals surface area contributed by atoms with Gasteiger partial charge in [0, 0.05) is 21.5 Å². The number of likely N-dealkylation sites (tertiary alicyclic amines) is 1. The average Bonchev–Trinajstić information content (AvgIpc) is 3.24. The van der Waals surface area contributed by atoms with Crippen LogP contribution in [0.5, 0.6) is 0 Å². The molecule has 1 fully saturated rings. The van der Waals surface area contributed by atoms with E-state index < -0.39 is 17.7 Å². The molecule has 1 aromatic heterocycles. The van der Waals surface area contributed by atoms with E-state index in [2.05, 4.69) is 15.9 Å². The highest BCUT2D eigenvalue weighted by Crippen LogP contribution is 2.40. The second-order valence-corrected chi connectivity index (χ2v) is 8.33. The van der Waals surface area contributed by atoms with Gasteiger partial charge in [0.15, 0.2) is 0 Å². The highest BCUT2D eigenvalue weighted by atomic mass is 79.9. The van der Waals surface area contributed by atoms with E-state index in [1.54, 1.807) is 24.3 Å². The number of amides is 1. The van der Waals surface area contributed by atoms with Gasteiger partial charge in [0.1, 0.15) is 5.76 Å². The standard InChI is InChI=1S/C20H20BrNO4S/c1-12(2)26-10-9-22-17(15-4-3-11-27-15)16(19(24)20(22)25)18(23)13-5-7-14(21)8-6-13/h3-8,11-12,17,23H,9-10H2,1-2H3/b18-16-. The van der Waals surface area contributed by atoms with Crippen molar-refractivity contribution < 1.29 is 19.4 Å². The Kier molecular flexibility index (Phi) is 6.14. The summed E-state index contributed by atoms with van der Waals surface area (Å²) in [6.45, 7) is 4.43. The van der Waals surface area contributed by atoms with Gasteiger partial charge in [-0.1, -0.05) is 34.1 Å². The summed E-state index contributed by atoms with van der Waals surface area (Å²) in [4.78, 5) is 27.7. The van der Waals surface area contributed by atoms with Gasteiger partial charge < -0.3 is 14.7 Å². The fourth-order valence-corrected chi connectivity index (χ4v) is 4.11. The van der Waals surface area contributed by atoms with Crippen LogP contribution in [0.2, 0.25) is 0 Å². The number of carbonyl (C=O) groups excluding carboxylic acids is 2. The zero-order valence-corrected chi connectivity index (χ0v) is 17.4. The first-order chi connectivity index (χ1) is 12.9. The van der Waals surface area contributed by atoms with E-state index in [9.17, 15) is 14.7 Å². The molecule has 5 nitrogen and oxygen atoms in total. The Bertz CT molecular complexity index is 859. The van der Waals surface area contributed by atoms with Crippen LogP contribution in [0.25, 0.3) is 5.76 Å². The van der Waals surface area contributed by atoms with Gasteiger partial charge in [-0.3, -0.25) is 9.59 Å². The SMILES string of the molecule is CC(C)OCCN1C(=O)C(=O)/C(=C(\O)c2ccc(Br)cc2)C1c1cccs1. The number of aliphatic hydroxyl groups excluding tert-OH is 1. The molecule has 2 aromatic rings. The quantitative estimate of drug-likeness (QED) is 0.404. The van der Waals surface area contributed by atoms with Crippen LogP contribution in [0, 0.1) is 0 Å². The predicted molar refractivity (Wildman–Crippen MR) is 109 cm³/mol. The summed E-state index contributed by atoms with van der Waals surface area (Å²) in [6.07, 6.45) is 0.0322. The summed E-state index contributed by atoms with van der Waals surface area (Å²) in [6, 6.07) is 10.1. The Morgan fingerprint density at radius 3 is 2.56 bits per heavy atom. The number of nitrogens with zero attached hydrogens (tertiary/aromatic N) is 1. The molecular formula is C20H20BrNO4S. The van der Waals surface area contributed by atoms with Crippen LogP contribution in [0.15, 0.2) is 51.8 Å². The fraction of sp³-hybridized carbons (Fsp3) is 0.300. The number of ether oxygens (including phenoxy) is 1. The number of Topliss-reactive ketones (excluding diaryl/α,β-unsaturated/α-hetero) is 1. The molecule has 1 atom stereocenters. The minimum Gasteiger partial charge on any atom is -0.507 e. The lowest BCUT2D eigenvalue weighted by atomic mass is 10.00. The molecule has 0 bridgehead atoms. The molecule has 1 saturated heterocycles. The van der Waals surface area contributed by atoms with Crippen LogP contribution in [0.3, 0.4) is 0 Å². The van der Waals surface area contributed by atoms with Crippen LogP contribution in [-0.4, -0.2) is 41.0 Å². The first kappa shape index (κ1) is 19.8. The van der Waals surface area contributed by atoms with Crippen molar-refractivity contribution >= 4 is 44.7 Å². The molecule has 27 heavy (non-hydrogen) atoms. The zero-order valence-electron chi connectivity index (χ0n) is 15.0. The smallest absolute Gasteiger partial charge is 0.295 e. The second kappa shape index (κ2) is 8.37. The number of hydrogen-bond donors (Lipinski definition) is 1. The van der Waals surface area contributed by atoms with E-state index in [1.165, 1.54) is 16.2 Å². The topological polar surface area (TPSA) is 66.8 Å². The number of rotatable bonds is 6. The number of halogens is 1. The molecule has 1 unspecified atom stereocenters. The Labute approximate surface area is 170 Å². The highest BCUT2D eigenvalue weighted by molar-refractivity contribution is 9.10. The van der Waals surface area contributed by atoms with E-state index >= 15 is 0 Å². The molecule has 0 radical (unpaired) electrons. The average molecular weight is 450 g/mol. The zero-order chi connectivity index (χ0) is 19.6. The molecule has 142 valence electrons. The third-order valence-corrected chi connectivity index (χ3v) is 5.71. The van der Waals surface area contributed by atoms with Gasteiger partial charge in [0.2, 0.25) is 0 Å². The maximum absolute atomic E-state index is 12.7. The molecule has 1 amide bonds. The molecule has 1 aromatic carbocycles. The summed E-state index contributed by atoms with van der Waals surface area (Å²) < 4.78 is 6.42. The number of hydrogen-bond acceptors (Lipinski definition) is 5. The van der Waals surface area contributed by atoms with Crippen LogP contribution in [0.1, 0.15) is 30.3 Å². The number of ketones is 1. The van der Waals surface area contributed by atoms with E-state index in [1.807, 2.05) is 31.4 Å². The molecule has 2 heterocycles. The number of carbonyl (C=O) groups is 2. The van der Waals surface area contributed by atoms with Crippen molar-refractivity contribution in [1.29, 1.82) is 0 Å². The largest absolute Gasteiger partial charge is 0.507 e. The van der Waals surface area contributed by atoms with Crippen molar-refractivity contribution in [2.24, 2.45) is 0 Å². The van der Waals surface area contributed by atoms with Crippen LogP contribution < -0.4 is 0 Å². The molecule has 0 saturated carbocycles. The van der Waals surface area contributed by atoms with Gasteiger partial charge in [0.25, 0.3) is 11.7 Å². The first-order valence-electron chi connectivity index (χ1n) is 8.59. The van der Waals surface area contributed by atoms with Gasteiger partial charge >= 0.3 is 0 Å². The Morgan fingerprint density at radius 2 is 1.96 bits per heavy atom. The van der Waals surface area contributed by atoms with E-state index in [4.69, 9.17) is 4.74 Å². The van der Waals surface area contributed by atoms with Crippen molar-refractivity contribution in [3.05, 3.63) is 62.3 Å². The van der Waals surface area contributed by atoms with Crippen molar-refractivity contribution in [2.75, 3.05) is 13.2 Å². The fourth-order valence-electron chi connectivity index (χ4n) is 3.00. The Balaban J connectivity index is 2.03. The maximum atomic E-state index is 12.7. The molecule has 1 aliphatic heterocycles. The third kappa shape index (κ3) is 4.15. The Hall–Kier alpha value is -1.96. The summed E-state index contributed by atoms with van der Waals surface area (Å²) >= 11 is 4.80. The first-order valence-corrected chi connectivity index (χ1v) is 10.3. The second-order valence-electron chi connectivity index (χ2n) is 6.43. The molecule has 0 aliphatic carbocycles. The highest BCUT2D eigenvalue weighted by Gasteiger charge is 2.46. The van der Waals surface area contributed by atoms with Crippen LogP contribution in [0.4, 0.5) is 0 Å².